The Bertz CT molecular complexity index is 1110. The van der Waals surface area contributed by atoms with Gasteiger partial charge in [-0.05, 0) is 67.9 Å². The van der Waals surface area contributed by atoms with E-state index in [1.165, 1.54) is 6.07 Å². The smallest absolute Gasteiger partial charge is 0.261 e. The molecule has 0 unspecified atom stereocenters. The van der Waals surface area contributed by atoms with Crippen molar-refractivity contribution in [3.8, 4) is 0 Å². The van der Waals surface area contributed by atoms with E-state index in [0.29, 0.717) is 27.5 Å². The number of hydrogen-bond donors (Lipinski definition) is 2. The molecule has 3 rings (SSSR count). The largest absolute Gasteiger partial charge is 0.322 e. The third-order valence-corrected chi connectivity index (χ3v) is 5.81. The van der Waals surface area contributed by atoms with Gasteiger partial charge in [-0.3, -0.25) is 9.52 Å². The summed E-state index contributed by atoms with van der Waals surface area (Å²) in [5, 5.41) is 3.33. The van der Waals surface area contributed by atoms with Gasteiger partial charge in [0.05, 0.1) is 10.6 Å². The molecule has 5 nitrogen and oxygen atoms in total. The monoisotopic (exact) mass is 414 g/mol. The number of halogens is 1. The Hall–Kier alpha value is -2.83. The molecule has 144 valence electrons. The summed E-state index contributed by atoms with van der Waals surface area (Å²) >= 11 is 5.85. The van der Waals surface area contributed by atoms with Crippen molar-refractivity contribution in [2.24, 2.45) is 0 Å². The molecule has 3 aromatic rings. The summed E-state index contributed by atoms with van der Waals surface area (Å²) in [6.45, 7) is 3.66. The summed E-state index contributed by atoms with van der Waals surface area (Å²) < 4.78 is 27.9. The number of carbonyl (C=O) groups excluding carboxylic acids is 1. The van der Waals surface area contributed by atoms with Crippen LogP contribution in [0.5, 0.6) is 0 Å². The lowest BCUT2D eigenvalue weighted by Gasteiger charge is -2.13. The van der Waals surface area contributed by atoms with Gasteiger partial charge in [-0.2, -0.15) is 0 Å². The molecule has 7 heteroatoms. The van der Waals surface area contributed by atoms with Crippen molar-refractivity contribution in [3.63, 3.8) is 0 Å². The minimum atomic E-state index is -3.76. The third kappa shape index (κ3) is 4.71. The molecular weight excluding hydrogens is 396 g/mol. The Morgan fingerprint density at radius 1 is 0.893 bits per heavy atom. The average molecular weight is 415 g/mol. The number of anilines is 2. The first-order chi connectivity index (χ1) is 13.2. The number of hydrogen-bond acceptors (Lipinski definition) is 3. The van der Waals surface area contributed by atoms with E-state index in [-0.39, 0.29) is 10.8 Å². The van der Waals surface area contributed by atoms with Crippen molar-refractivity contribution in [1.29, 1.82) is 0 Å². The standard InChI is InChI=1S/C21H19ClN2O3S/c1-14-3-11-19(12-4-14)28(26,27)24-20-13-16(6-5-15(20)2)21(25)23-18-9-7-17(22)8-10-18/h3-13,24H,1-2H3,(H,23,25). The predicted octanol–water partition coefficient (Wildman–Crippen LogP) is 5.01. The number of carbonyl (C=O) groups is 1. The summed E-state index contributed by atoms with van der Waals surface area (Å²) in [5.41, 5.74) is 2.96. The van der Waals surface area contributed by atoms with Crippen LogP contribution >= 0.6 is 11.6 Å². The van der Waals surface area contributed by atoms with E-state index >= 15 is 0 Å². The van der Waals surface area contributed by atoms with E-state index in [4.69, 9.17) is 11.6 Å². The van der Waals surface area contributed by atoms with Gasteiger partial charge in [0.2, 0.25) is 0 Å². The van der Waals surface area contributed by atoms with Gasteiger partial charge in [-0.25, -0.2) is 8.42 Å². The molecule has 3 aromatic carbocycles. The second-order valence-corrected chi connectivity index (χ2v) is 8.53. The molecule has 0 aliphatic carbocycles. The van der Waals surface area contributed by atoms with Gasteiger partial charge in [0.15, 0.2) is 0 Å². The average Bonchev–Trinajstić information content (AvgIpc) is 2.65. The lowest BCUT2D eigenvalue weighted by Crippen LogP contribution is -2.16. The van der Waals surface area contributed by atoms with Crippen molar-refractivity contribution in [3.05, 3.63) is 88.4 Å². The van der Waals surface area contributed by atoms with Crippen molar-refractivity contribution < 1.29 is 13.2 Å². The summed E-state index contributed by atoms with van der Waals surface area (Å²) in [6, 6.07) is 18.1. The minimum absolute atomic E-state index is 0.161. The van der Waals surface area contributed by atoms with Crippen LogP contribution in [0.4, 0.5) is 11.4 Å². The van der Waals surface area contributed by atoms with Crippen LogP contribution in [-0.4, -0.2) is 14.3 Å². The molecule has 0 heterocycles. The SMILES string of the molecule is Cc1ccc(S(=O)(=O)Nc2cc(C(=O)Nc3ccc(Cl)cc3)ccc2C)cc1. The number of aryl methyl sites for hydroxylation is 2. The minimum Gasteiger partial charge on any atom is -0.322 e. The first kappa shape index (κ1) is 19.9. The molecule has 28 heavy (non-hydrogen) atoms. The van der Waals surface area contributed by atoms with Crippen LogP contribution in [-0.2, 0) is 10.0 Å². The van der Waals surface area contributed by atoms with Gasteiger partial charge >= 0.3 is 0 Å². The predicted molar refractivity (Wildman–Crippen MR) is 113 cm³/mol. The molecule has 0 aromatic heterocycles. The van der Waals surface area contributed by atoms with Crippen LogP contribution in [0.1, 0.15) is 21.5 Å². The zero-order valence-electron chi connectivity index (χ0n) is 15.4. The summed E-state index contributed by atoms with van der Waals surface area (Å²) in [4.78, 5) is 12.7. The second-order valence-electron chi connectivity index (χ2n) is 6.41. The van der Waals surface area contributed by atoms with Gasteiger partial charge in [0.25, 0.3) is 15.9 Å². The van der Waals surface area contributed by atoms with Crippen LogP contribution < -0.4 is 10.0 Å². The zero-order valence-corrected chi connectivity index (χ0v) is 16.9. The van der Waals surface area contributed by atoms with Gasteiger partial charge < -0.3 is 5.32 Å². The molecule has 0 atom stereocenters. The molecule has 0 radical (unpaired) electrons. The van der Waals surface area contributed by atoms with Gasteiger partial charge in [0.1, 0.15) is 0 Å². The van der Waals surface area contributed by atoms with Gasteiger partial charge in [-0.15, -0.1) is 0 Å². The molecule has 0 aliphatic heterocycles. The van der Waals surface area contributed by atoms with E-state index in [1.54, 1.807) is 67.6 Å². The third-order valence-electron chi connectivity index (χ3n) is 4.18. The van der Waals surface area contributed by atoms with E-state index < -0.39 is 10.0 Å². The maximum absolute atomic E-state index is 12.6. The van der Waals surface area contributed by atoms with Crippen LogP contribution in [0.15, 0.2) is 71.6 Å². The molecule has 1 amide bonds. The highest BCUT2D eigenvalue weighted by Gasteiger charge is 2.16. The van der Waals surface area contributed by atoms with Crippen molar-refractivity contribution in [2.75, 3.05) is 10.0 Å². The van der Waals surface area contributed by atoms with Crippen molar-refractivity contribution in [1.82, 2.24) is 0 Å². The maximum Gasteiger partial charge on any atom is 0.261 e. The van der Waals surface area contributed by atoms with E-state index in [9.17, 15) is 13.2 Å². The zero-order chi connectivity index (χ0) is 20.3. The Morgan fingerprint density at radius 2 is 1.54 bits per heavy atom. The molecule has 0 saturated carbocycles. The molecule has 0 aliphatic rings. The first-order valence-corrected chi connectivity index (χ1v) is 10.4. The van der Waals surface area contributed by atoms with Crippen molar-refractivity contribution >= 4 is 38.9 Å². The van der Waals surface area contributed by atoms with Gasteiger partial charge in [0, 0.05) is 16.3 Å². The fourth-order valence-electron chi connectivity index (χ4n) is 2.53. The summed E-state index contributed by atoms with van der Waals surface area (Å²) in [6.07, 6.45) is 0. The number of amides is 1. The number of sulfonamides is 1. The number of benzene rings is 3. The van der Waals surface area contributed by atoms with Crippen molar-refractivity contribution in [2.45, 2.75) is 18.7 Å². The Kier molecular flexibility index (Phi) is 5.72. The quantitative estimate of drug-likeness (QED) is 0.616. The van der Waals surface area contributed by atoms with Crippen LogP contribution in [0.2, 0.25) is 5.02 Å². The number of rotatable bonds is 5. The Labute approximate surface area is 169 Å². The van der Waals surface area contributed by atoms with Gasteiger partial charge in [-0.1, -0.05) is 35.4 Å². The van der Waals surface area contributed by atoms with Crippen LogP contribution in [0.25, 0.3) is 0 Å². The molecule has 0 fully saturated rings. The van der Waals surface area contributed by atoms with E-state index in [0.717, 1.165) is 5.56 Å². The number of nitrogens with one attached hydrogen (secondary N) is 2. The van der Waals surface area contributed by atoms with Crippen LogP contribution in [0, 0.1) is 13.8 Å². The Morgan fingerprint density at radius 3 is 2.18 bits per heavy atom. The van der Waals surface area contributed by atoms with E-state index in [2.05, 4.69) is 10.0 Å². The maximum atomic E-state index is 12.6. The van der Waals surface area contributed by atoms with E-state index in [1.807, 2.05) is 6.92 Å². The first-order valence-electron chi connectivity index (χ1n) is 8.52. The highest BCUT2D eigenvalue weighted by Crippen LogP contribution is 2.22. The topological polar surface area (TPSA) is 75.3 Å². The lowest BCUT2D eigenvalue weighted by molar-refractivity contribution is 0.102. The Balaban J connectivity index is 1.83. The fourth-order valence-corrected chi connectivity index (χ4v) is 3.78. The molecule has 0 spiro atoms. The summed E-state index contributed by atoms with van der Waals surface area (Å²) in [7, 11) is -3.76. The molecular formula is C21H19ClN2O3S. The fraction of sp³-hybridized carbons (Fsp3) is 0.0952. The molecule has 0 bridgehead atoms. The normalized spacial score (nSPS) is 11.1. The van der Waals surface area contributed by atoms with Crippen LogP contribution in [0.3, 0.4) is 0 Å². The molecule has 2 N–H and O–H groups in total. The highest BCUT2D eigenvalue weighted by molar-refractivity contribution is 7.92. The second kappa shape index (κ2) is 8.04. The molecule has 0 saturated heterocycles. The summed E-state index contributed by atoms with van der Waals surface area (Å²) in [5.74, 6) is -0.349. The lowest BCUT2D eigenvalue weighted by atomic mass is 10.1. The highest BCUT2D eigenvalue weighted by atomic mass is 35.5.